The highest BCUT2D eigenvalue weighted by molar-refractivity contribution is 5.82. The van der Waals surface area contributed by atoms with Crippen LogP contribution in [0, 0.1) is 0 Å². The van der Waals surface area contributed by atoms with Gasteiger partial charge in [-0.15, -0.1) is 0 Å². The van der Waals surface area contributed by atoms with Crippen molar-refractivity contribution in [1.82, 2.24) is 19.8 Å². The SMILES string of the molecule is COC(=O)NCC(=O)N1CCC[C@@H](c2nccn2Cc2ccccc2)C1. The Hall–Kier alpha value is -2.83. The molecule has 1 aromatic carbocycles. The largest absolute Gasteiger partial charge is 0.453 e. The van der Waals surface area contributed by atoms with E-state index >= 15 is 0 Å². The van der Waals surface area contributed by atoms with Crippen LogP contribution in [0.5, 0.6) is 0 Å². The Kier molecular flexibility index (Phi) is 5.88. The molecule has 0 spiro atoms. The summed E-state index contributed by atoms with van der Waals surface area (Å²) in [6, 6.07) is 10.3. The van der Waals surface area contributed by atoms with Gasteiger partial charge in [0, 0.05) is 37.9 Å². The lowest BCUT2D eigenvalue weighted by Crippen LogP contribution is -2.44. The first-order chi connectivity index (χ1) is 12.7. The topological polar surface area (TPSA) is 76.5 Å². The molecule has 1 aliphatic heterocycles. The number of rotatable bonds is 5. The summed E-state index contributed by atoms with van der Waals surface area (Å²) < 4.78 is 6.66. The van der Waals surface area contributed by atoms with Gasteiger partial charge < -0.3 is 19.5 Å². The van der Waals surface area contributed by atoms with E-state index in [-0.39, 0.29) is 18.4 Å². The fourth-order valence-corrected chi connectivity index (χ4v) is 3.34. The Morgan fingerprint density at radius 3 is 2.88 bits per heavy atom. The van der Waals surface area contributed by atoms with Crippen molar-refractivity contribution in [3.8, 4) is 0 Å². The molecule has 3 rings (SSSR count). The highest BCUT2D eigenvalue weighted by Gasteiger charge is 2.27. The summed E-state index contributed by atoms with van der Waals surface area (Å²) in [6.07, 6.45) is 5.14. The summed E-state index contributed by atoms with van der Waals surface area (Å²) in [5.74, 6) is 1.11. The van der Waals surface area contributed by atoms with Crippen molar-refractivity contribution in [3.63, 3.8) is 0 Å². The molecule has 0 saturated carbocycles. The van der Waals surface area contributed by atoms with E-state index in [1.165, 1.54) is 12.7 Å². The van der Waals surface area contributed by atoms with Gasteiger partial charge >= 0.3 is 6.09 Å². The van der Waals surface area contributed by atoms with Crippen LogP contribution >= 0.6 is 0 Å². The van der Waals surface area contributed by atoms with Gasteiger partial charge in [-0.25, -0.2) is 9.78 Å². The first-order valence-corrected chi connectivity index (χ1v) is 8.82. The Labute approximate surface area is 153 Å². The van der Waals surface area contributed by atoms with E-state index in [2.05, 4.69) is 31.7 Å². The number of piperidine rings is 1. The maximum atomic E-state index is 12.3. The minimum Gasteiger partial charge on any atom is -0.453 e. The molecule has 0 aliphatic carbocycles. The first-order valence-electron chi connectivity index (χ1n) is 8.82. The van der Waals surface area contributed by atoms with E-state index < -0.39 is 6.09 Å². The number of nitrogens with one attached hydrogen (secondary N) is 1. The predicted octanol–water partition coefficient (Wildman–Crippen LogP) is 1.99. The zero-order valence-corrected chi connectivity index (χ0v) is 14.9. The molecule has 138 valence electrons. The van der Waals surface area contributed by atoms with Crippen molar-refractivity contribution in [2.24, 2.45) is 0 Å². The number of alkyl carbamates (subject to hydrolysis) is 1. The van der Waals surface area contributed by atoms with Crippen molar-refractivity contribution >= 4 is 12.0 Å². The molecule has 1 N–H and O–H groups in total. The van der Waals surface area contributed by atoms with Gasteiger partial charge in [-0.2, -0.15) is 0 Å². The van der Waals surface area contributed by atoms with Gasteiger partial charge in [0.15, 0.2) is 0 Å². The molecule has 1 atom stereocenters. The third-order valence-electron chi connectivity index (χ3n) is 4.65. The summed E-state index contributed by atoms with van der Waals surface area (Å²) in [5.41, 5.74) is 1.22. The average molecular weight is 356 g/mol. The zero-order valence-electron chi connectivity index (χ0n) is 14.9. The third kappa shape index (κ3) is 4.41. The minimum atomic E-state index is -0.592. The van der Waals surface area contributed by atoms with Crippen LogP contribution in [0.2, 0.25) is 0 Å². The number of imidazole rings is 1. The normalized spacial score (nSPS) is 17.0. The summed E-state index contributed by atoms with van der Waals surface area (Å²) >= 11 is 0. The monoisotopic (exact) mass is 356 g/mol. The number of likely N-dealkylation sites (tertiary alicyclic amines) is 1. The number of amides is 2. The molecule has 2 aromatic rings. The standard InChI is InChI=1S/C19H24N4O3/c1-26-19(25)21-12-17(24)22-10-5-8-16(14-22)18-20-9-11-23(18)13-15-6-3-2-4-7-15/h2-4,6-7,9,11,16H,5,8,10,12-14H2,1H3,(H,21,25)/t16-/m1/s1. The summed E-state index contributed by atoms with van der Waals surface area (Å²) in [6.45, 7) is 2.05. The zero-order chi connectivity index (χ0) is 18.4. The number of hydrogen-bond acceptors (Lipinski definition) is 4. The lowest BCUT2D eigenvalue weighted by Gasteiger charge is -2.32. The first kappa shape index (κ1) is 18.0. The van der Waals surface area contributed by atoms with Gasteiger partial charge in [0.1, 0.15) is 12.4 Å². The fourth-order valence-electron chi connectivity index (χ4n) is 3.34. The average Bonchev–Trinajstić information content (AvgIpc) is 3.14. The number of carbonyl (C=O) groups excluding carboxylic acids is 2. The molecule has 1 saturated heterocycles. The second kappa shape index (κ2) is 8.51. The van der Waals surface area contributed by atoms with Crippen LogP contribution in [-0.2, 0) is 16.1 Å². The van der Waals surface area contributed by atoms with Crippen LogP contribution in [0.25, 0.3) is 0 Å². The number of hydrogen-bond donors (Lipinski definition) is 1. The fraction of sp³-hybridized carbons (Fsp3) is 0.421. The molecule has 1 fully saturated rings. The molecule has 2 heterocycles. The van der Waals surface area contributed by atoms with Crippen molar-refractivity contribution in [2.75, 3.05) is 26.7 Å². The van der Waals surface area contributed by atoms with Crippen LogP contribution in [0.3, 0.4) is 0 Å². The van der Waals surface area contributed by atoms with Crippen molar-refractivity contribution in [2.45, 2.75) is 25.3 Å². The molecule has 2 amide bonds. The van der Waals surface area contributed by atoms with Gasteiger partial charge in [0.05, 0.1) is 7.11 Å². The molecule has 7 heteroatoms. The lowest BCUT2D eigenvalue weighted by molar-refractivity contribution is -0.131. The van der Waals surface area contributed by atoms with Gasteiger partial charge in [-0.3, -0.25) is 4.79 Å². The van der Waals surface area contributed by atoms with Gasteiger partial charge in [0.2, 0.25) is 5.91 Å². The number of nitrogens with zero attached hydrogens (tertiary/aromatic N) is 3. The molecule has 1 aromatic heterocycles. The van der Waals surface area contributed by atoms with Crippen molar-refractivity contribution in [1.29, 1.82) is 0 Å². The molecule has 1 aliphatic rings. The molecule has 26 heavy (non-hydrogen) atoms. The third-order valence-corrected chi connectivity index (χ3v) is 4.65. The van der Waals surface area contributed by atoms with E-state index in [0.717, 1.165) is 25.2 Å². The van der Waals surface area contributed by atoms with E-state index in [4.69, 9.17) is 0 Å². The smallest absolute Gasteiger partial charge is 0.407 e. The number of ether oxygens (including phenoxy) is 1. The Morgan fingerprint density at radius 2 is 2.12 bits per heavy atom. The molecule has 7 nitrogen and oxygen atoms in total. The van der Waals surface area contributed by atoms with E-state index in [1.54, 1.807) is 4.90 Å². The van der Waals surface area contributed by atoms with Crippen molar-refractivity contribution < 1.29 is 14.3 Å². The van der Waals surface area contributed by atoms with E-state index in [0.29, 0.717) is 13.1 Å². The van der Waals surface area contributed by atoms with Crippen LogP contribution in [0.1, 0.15) is 30.1 Å². The quantitative estimate of drug-likeness (QED) is 0.889. The summed E-state index contributed by atoms with van der Waals surface area (Å²) in [4.78, 5) is 29.8. The van der Waals surface area contributed by atoms with E-state index in [9.17, 15) is 9.59 Å². The Morgan fingerprint density at radius 1 is 1.31 bits per heavy atom. The second-order valence-corrected chi connectivity index (χ2v) is 6.42. The number of benzene rings is 1. The molecule has 0 bridgehead atoms. The maximum absolute atomic E-state index is 12.3. The van der Waals surface area contributed by atoms with Gasteiger partial charge in [-0.05, 0) is 18.4 Å². The summed E-state index contributed by atoms with van der Waals surface area (Å²) in [7, 11) is 1.28. The molecular weight excluding hydrogens is 332 g/mol. The van der Waals surface area contributed by atoms with Gasteiger partial charge in [0.25, 0.3) is 0 Å². The van der Waals surface area contributed by atoms with Crippen molar-refractivity contribution in [3.05, 3.63) is 54.1 Å². The molecular formula is C19H24N4O3. The highest BCUT2D eigenvalue weighted by Crippen LogP contribution is 2.26. The summed E-state index contributed by atoms with van der Waals surface area (Å²) in [5, 5.41) is 2.45. The van der Waals surface area contributed by atoms with Gasteiger partial charge in [-0.1, -0.05) is 30.3 Å². The second-order valence-electron chi connectivity index (χ2n) is 6.42. The minimum absolute atomic E-state index is 0.0438. The van der Waals surface area contributed by atoms with Crippen LogP contribution in [-0.4, -0.2) is 53.2 Å². The van der Waals surface area contributed by atoms with Crippen LogP contribution in [0.15, 0.2) is 42.7 Å². The number of aromatic nitrogens is 2. The number of carbonyl (C=O) groups is 2. The Balaban J connectivity index is 1.64. The van der Waals surface area contributed by atoms with Crippen LogP contribution in [0.4, 0.5) is 4.79 Å². The lowest BCUT2D eigenvalue weighted by atomic mass is 9.97. The maximum Gasteiger partial charge on any atom is 0.407 e. The number of methoxy groups -OCH3 is 1. The predicted molar refractivity (Wildman–Crippen MR) is 96.7 cm³/mol. The Bertz CT molecular complexity index is 744. The van der Waals surface area contributed by atoms with Crippen LogP contribution < -0.4 is 5.32 Å². The molecule has 0 unspecified atom stereocenters. The molecule has 0 radical (unpaired) electrons. The van der Waals surface area contributed by atoms with E-state index in [1.807, 2.05) is 30.6 Å². The highest BCUT2D eigenvalue weighted by atomic mass is 16.5.